The zero-order chi connectivity index (χ0) is 23.0. The number of hydrogen-bond acceptors (Lipinski definition) is 4. The Kier molecular flexibility index (Phi) is 5.94. The third-order valence-corrected chi connectivity index (χ3v) is 6.98. The van der Waals surface area contributed by atoms with Crippen molar-refractivity contribution in [3.8, 4) is 0 Å². The normalized spacial score (nSPS) is 15.2. The number of likely N-dealkylation sites (tertiary alicyclic amines) is 1. The first kappa shape index (κ1) is 22.3. The average molecular weight is 462 g/mol. The SMILES string of the molecule is Cc1ccccc1C(=O)NC1CCN(C(=O)c2sc3nc(C(F)(F)F)ccc3c2C)CC1. The highest BCUT2D eigenvalue weighted by molar-refractivity contribution is 7.20. The van der Waals surface area contributed by atoms with Crippen molar-refractivity contribution < 1.29 is 22.8 Å². The van der Waals surface area contributed by atoms with Crippen molar-refractivity contribution in [3.63, 3.8) is 0 Å². The fourth-order valence-electron chi connectivity index (χ4n) is 3.92. The molecule has 1 aliphatic heterocycles. The maximum Gasteiger partial charge on any atom is 0.433 e. The topological polar surface area (TPSA) is 62.3 Å². The summed E-state index contributed by atoms with van der Waals surface area (Å²) in [6.07, 6.45) is -3.30. The van der Waals surface area contributed by atoms with Crippen molar-refractivity contribution >= 4 is 33.4 Å². The Morgan fingerprint density at radius 1 is 1.09 bits per heavy atom. The van der Waals surface area contributed by atoms with Gasteiger partial charge in [0, 0.05) is 30.1 Å². The molecular weight excluding hydrogens is 439 g/mol. The number of hydrogen-bond donors (Lipinski definition) is 1. The van der Waals surface area contributed by atoms with Crippen LogP contribution in [-0.2, 0) is 6.18 Å². The molecule has 2 amide bonds. The second-order valence-corrected chi connectivity index (χ2v) is 8.96. The summed E-state index contributed by atoms with van der Waals surface area (Å²) in [6.45, 7) is 4.55. The molecule has 3 heterocycles. The Morgan fingerprint density at radius 3 is 2.44 bits per heavy atom. The monoisotopic (exact) mass is 461 g/mol. The lowest BCUT2D eigenvalue weighted by Gasteiger charge is -2.32. The van der Waals surface area contributed by atoms with Gasteiger partial charge in [-0.3, -0.25) is 9.59 Å². The van der Waals surface area contributed by atoms with E-state index in [1.807, 2.05) is 25.1 Å². The van der Waals surface area contributed by atoms with Gasteiger partial charge in [-0.1, -0.05) is 18.2 Å². The third kappa shape index (κ3) is 4.34. The minimum Gasteiger partial charge on any atom is -0.349 e. The van der Waals surface area contributed by atoms with Crippen molar-refractivity contribution in [3.05, 3.63) is 63.7 Å². The van der Waals surface area contributed by atoms with Crippen LogP contribution in [0.5, 0.6) is 0 Å². The number of aromatic nitrogens is 1. The van der Waals surface area contributed by atoms with E-state index in [0.29, 0.717) is 47.3 Å². The van der Waals surface area contributed by atoms with Gasteiger partial charge in [-0.15, -0.1) is 11.3 Å². The second-order valence-electron chi connectivity index (χ2n) is 7.96. The minimum atomic E-state index is -4.53. The van der Waals surface area contributed by atoms with Gasteiger partial charge in [0.05, 0.1) is 4.88 Å². The Bertz CT molecular complexity index is 1180. The molecule has 0 saturated carbocycles. The largest absolute Gasteiger partial charge is 0.433 e. The molecule has 0 bridgehead atoms. The number of halogens is 3. The van der Waals surface area contributed by atoms with E-state index in [-0.39, 0.29) is 22.7 Å². The maximum atomic E-state index is 13.1. The van der Waals surface area contributed by atoms with Gasteiger partial charge in [0.1, 0.15) is 10.5 Å². The number of carbonyl (C=O) groups excluding carboxylic acids is 2. The Labute approximate surface area is 187 Å². The lowest BCUT2D eigenvalue weighted by atomic mass is 10.0. The van der Waals surface area contributed by atoms with Crippen LogP contribution in [0.4, 0.5) is 13.2 Å². The highest BCUT2D eigenvalue weighted by Gasteiger charge is 2.33. The number of piperidine rings is 1. The van der Waals surface area contributed by atoms with Crippen LogP contribution in [0.25, 0.3) is 10.2 Å². The fraction of sp³-hybridized carbons (Fsp3) is 0.348. The molecule has 2 aromatic heterocycles. The number of thiophene rings is 1. The number of carbonyl (C=O) groups is 2. The molecule has 1 saturated heterocycles. The molecule has 1 N–H and O–H groups in total. The van der Waals surface area contributed by atoms with Crippen molar-refractivity contribution in [1.82, 2.24) is 15.2 Å². The number of rotatable bonds is 3. The lowest BCUT2D eigenvalue weighted by Crippen LogP contribution is -2.46. The predicted octanol–water partition coefficient (Wildman–Crippen LogP) is 4.97. The highest BCUT2D eigenvalue weighted by Crippen LogP contribution is 2.35. The number of alkyl halides is 3. The summed E-state index contributed by atoms with van der Waals surface area (Å²) in [6, 6.07) is 9.65. The number of pyridine rings is 1. The molecule has 0 aliphatic carbocycles. The molecule has 9 heteroatoms. The minimum absolute atomic E-state index is 0.0364. The van der Waals surface area contributed by atoms with Gasteiger partial charge < -0.3 is 10.2 Å². The number of amides is 2. The first-order chi connectivity index (χ1) is 15.1. The molecule has 0 spiro atoms. The predicted molar refractivity (Wildman–Crippen MR) is 117 cm³/mol. The number of nitrogens with zero attached hydrogens (tertiary/aromatic N) is 2. The van der Waals surface area contributed by atoms with E-state index in [0.717, 1.165) is 23.0 Å². The van der Waals surface area contributed by atoms with Gasteiger partial charge in [0.25, 0.3) is 11.8 Å². The van der Waals surface area contributed by atoms with E-state index in [9.17, 15) is 22.8 Å². The van der Waals surface area contributed by atoms with Crippen LogP contribution in [0, 0.1) is 13.8 Å². The van der Waals surface area contributed by atoms with Crippen LogP contribution in [0.15, 0.2) is 36.4 Å². The molecule has 5 nitrogen and oxygen atoms in total. The Balaban J connectivity index is 1.43. The summed E-state index contributed by atoms with van der Waals surface area (Å²) in [4.78, 5) is 31.6. The van der Waals surface area contributed by atoms with E-state index in [2.05, 4.69) is 10.3 Å². The van der Waals surface area contributed by atoms with E-state index >= 15 is 0 Å². The summed E-state index contributed by atoms with van der Waals surface area (Å²) in [5.74, 6) is -0.331. The maximum absolute atomic E-state index is 13.1. The van der Waals surface area contributed by atoms with Gasteiger partial charge in [0.2, 0.25) is 0 Å². The average Bonchev–Trinajstić information content (AvgIpc) is 3.09. The molecule has 1 aliphatic rings. The van der Waals surface area contributed by atoms with Crippen LogP contribution < -0.4 is 5.32 Å². The first-order valence-electron chi connectivity index (χ1n) is 10.3. The summed E-state index contributed by atoms with van der Waals surface area (Å²) in [5.41, 5.74) is 1.22. The van der Waals surface area contributed by atoms with Crippen molar-refractivity contribution in [2.75, 3.05) is 13.1 Å². The smallest absolute Gasteiger partial charge is 0.349 e. The summed E-state index contributed by atoms with van der Waals surface area (Å²) < 4.78 is 38.9. The van der Waals surface area contributed by atoms with E-state index in [1.165, 1.54) is 6.07 Å². The Hall–Kier alpha value is -2.94. The van der Waals surface area contributed by atoms with Crippen molar-refractivity contribution in [2.24, 2.45) is 0 Å². The standard InChI is InChI=1S/C23H22F3N3O2S/c1-13-5-3-4-6-16(13)20(30)27-15-9-11-29(12-10-15)22(31)19-14(2)17-7-8-18(23(24,25)26)28-21(17)32-19/h3-8,15H,9-12H2,1-2H3,(H,27,30). The first-order valence-corrected chi connectivity index (χ1v) is 11.1. The van der Waals surface area contributed by atoms with Gasteiger partial charge in [-0.25, -0.2) is 4.98 Å². The zero-order valence-electron chi connectivity index (χ0n) is 17.6. The van der Waals surface area contributed by atoms with E-state index in [4.69, 9.17) is 0 Å². The summed E-state index contributed by atoms with van der Waals surface area (Å²) in [5, 5.41) is 3.60. The summed E-state index contributed by atoms with van der Waals surface area (Å²) >= 11 is 0.994. The molecule has 4 rings (SSSR count). The van der Waals surface area contributed by atoms with Crippen LogP contribution in [0.1, 0.15) is 49.7 Å². The number of aryl methyl sites for hydroxylation is 2. The molecule has 1 aromatic carbocycles. The van der Waals surface area contributed by atoms with Gasteiger partial charge in [-0.05, 0) is 56.0 Å². The van der Waals surface area contributed by atoms with Gasteiger partial charge in [0.15, 0.2) is 0 Å². The molecule has 168 valence electrons. The number of nitrogens with one attached hydrogen (secondary N) is 1. The molecule has 0 radical (unpaired) electrons. The summed E-state index contributed by atoms with van der Waals surface area (Å²) in [7, 11) is 0. The quantitative estimate of drug-likeness (QED) is 0.599. The molecule has 32 heavy (non-hydrogen) atoms. The number of fused-ring (bicyclic) bond motifs is 1. The second kappa shape index (κ2) is 8.54. The van der Waals surface area contributed by atoms with Crippen LogP contribution in [0.3, 0.4) is 0 Å². The highest BCUT2D eigenvalue weighted by atomic mass is 32.1. The van der Waals surface area contributed by atoms with Gasteiger partial charge in [-0.2, -0.15) is 13.2 Å². The van der Waals surface area contributed by atoms with E-state index in [1.54, 1.807) is 17.9 Å². The van der Waals surface area contributed by atoms with Crippen LogP contribution >= 0.6 is 11.3 Å². The Morgan fingerprint density at radius 2 is 1.78 bits per heavy atom. The van der Waals surface area contributed by atoms with E-state index < -0.39 is 11.9 Å². The molecule has 1 fully saturated rings. The molecule has 0 atom stereocenters. The molecule has 3 aromatic rings. The molecular formula is C23H22F3N3O2S. The van der Waals surface area contributed by atoms with Crippen LogP contribution in [0.2, 0.25) is 0 Å². The lowest BCUT2D eigenvalue weighted by molar-refractivity contribution is -0.140. The van der Waals surface area contributed by atoms with Gasteiger partial charge >= 0.3 is 6.18 Å². The third-order valence-electron chi connectivity index (χ3n) is 5.80. The van der Waals surface area contributed by atoms with Crippen LogP contribution in [-0.4, -0.2) is 40.8 Å². The molecule has 0 unspecified atom stereocenters. The van der Waals surface area contributed by atoms with Crippen molar-refractivity contribution in [1.29, 1.82) is 0 Å². The zero-order valence-corrected chi connectivity index (χ0v) is 18.4. The van der Waals surface area contributed by atoms with Crippen molar-refractivity contribution in [2.45, 2.75) is 38.9 Å². The fourth-order valence-corrected chi connectivity index (χ4v) is 5.07. The number of benzene rings is 1.